The van der Waals surface area contributed by atoms with Crippen LogP contribution in [0, 0.1) is 0 Å². The van der Waals surface area contributed by atoms with E-state index >= 15 is 0 Å². The molecule has 14 heavy (non-hydrogen) atoms. The van der Waals surface area contributed by atoms with Gasteiger partial charge in [0.15, 0.2) is 6.73 Å². The minimum atomic E-state index is 0.258. The van der Waals surface area contributed by atoms with Gasteiger partial charge in [-0.05, 0) is 24.3 Å². The highest BCUT2D eigenvalue weighted by Gasteiger charge is 2.14. The van der Waals surface area contributed by atoms with Crippen LogP contribution in [0.4, 0.5) is 5.69 Å². The maximum atomic E-state index is 9.11. The molecule has 1 aromatic rings. The number of benzene rings is 1. The third-order valence-corrected chi connectivity index (χ3v) is 2.04. The summed E-state index contributed by atoms with van der Waals surface area (Å²) in [6, 6.07) is 6.88. The summed E-state index contributed by atoms with van der Waals surface area (Å²) in [5, 5.41) is 15.1. The molecule has 1 N–H and O–H groups in total. The summed E-state index contributed by atoms with van der Waals surface area (Å²) in [5.74, 6) is 1.01. The molecule has 0 radical (unpaired) electrons. The van der Waals surface area contributed by atoms with Crippen molar-refractivity contribution in [2.75, 3.05) is 11.7 Å². The van der Waals surface area contributed by atoms with Crippen LogP contribution < -0.4 is 5.01 Å². The molecule has 0 saturated heterocycles. The Bertz CT molecular complexity index is 346. The number of phenolic OH excluding ortho intramolecular Hbond substituents is 1. The second kappa shape index (κ2) is 3.57. The molecule has 0 amide bonds. The molecule has 0 saturated carbocycles. The van der Waals surface area contributed by atoms with Crippen molar-refractivity contribution in [3.8, 4) is 5.75 Å². The van der Waals surface area contributed by atoms with E-state index < -0.39 is 0 Å². The average molecular weight is 192 g/mol. The maximum absolute atomic E-state index is 9.11. The van der Waals surface area contributed by atoms with Gasteiger partial charge in [-0.2, -0.15) is 0 Å². The van der Waals surface area contributed by atoms with Crippen LogP contribution in [-0.2, 0) is 4.74 Å². The highest BCUT2D eigenvalue weighted by Crippen LogP contribution is 2.21. The standard InChI is InChI=1S/C10H12N2O2/c1-2-10-11-12(7-14-10)8-3-5-9(13)6-4-8/h3-6,13H,2,7H2,1H3. The summed E-state index contributed by atoms with van der Waals surface area (Å²) in [6.45, 7) is 2.45. The number of nitrogens with zero attached hydrogens (tertiary/aromatic N) is 2. The Balaban J connectivity index is 2.17. The van der Waals surface area contributed by atoms with Crippen molar-refractivity contribution in [3.05, 3.63) is 24.3 Å². The van der Waals surface area contributed by atoms with E-state index in [1.54, 1.807) is 29.3 Å². The summed E-state index contributed by atoms with van der Waals surface area (Å²) in [4.78, 5) is 0. The van der Waals surface area contributed by atoms with Crippen LogP contribution >= 0.6 is 0 Å². The molecule has 1 aliphatic rings. The lowest BCUT2D eigenvalue weighted by Crippen LogP contribution is -2.12. The Morgan fingerprint density at radius 3 is 2.71 bits per heavy atom. The summed E-state index contributed by atoms with van der Waals surface area (Å²) in [7, 11) is 0. The zero-order chi connectivity index (χ0) is 9.97. The van der Waals surface area contributed by atoms with E-state index in [4.69, 9.17) is 9.84 Å². The van der Waals surface area contributed by atoms with Gasteiger partial charge in [0.1, 0.15) is 5.75 Å². The van der Waals surface area contributed by atoms with Crippen molar-refractivity contribution >= 4 is 11.6 Å². The van der Waals surface area contributed by atoms with Gasteiger partial charge < -0.3 is 9.84 Å². The molecule has 0 bridgehead atoms. The number of anilines is 1. The smallest absolute Gasteiger partial charge is 0.208 e. The Morgan fingerprint density at radius 1 is 1.43 bits per heavy atom. The Labute approximate surface area is 82.4 Å². The van der Waals surface area contributed by atoms with Crippen molar-refractivity contribution < 1.29 is 9.84 Å². The molecule has 0 aromatic heterocycles. The molecule has 0 spiro atoms. The number of aromatic hydroxyl groups is 1. The van der Waals surface area contributed by atoms with Crippen LogP contribution in [0.5, 0.6) is 5.75 Å². The monoisotopic (exact) mass is 192 g/mol. The van der Waals surface area contributed by atoms with Gasteiger partial charge >= 0.3 is 0 Å². The molecule has 4 heteroatoms. The van der Waals surface area contributed by atoms with Crippen LogP contribution in [0.3, 0.4) is 0 Å². The fraction of sp³-hybridized carbons (Fsp3) is 0.300. The Hall–Kier alpha value is -1.71. The quantitative estimate of drug-likeness (QED) is 0.778. The molecule has 74 valence electrons. The lowest BCUT2D eigenvalue weighted by molar-refractivity contribution is 0.330. The van der Waals surface area contributed by atoms with E-state index in [1.807, 2.05) is 6.92 Å². The Morgan fingerprint density at radius 2 is 2.14 bits per heavy atom. The molecule has 1 aliphatic heterocycles. The van der Waals surface area contributed by atoms with E-state index in [0.717, 1.165) is 18.0 Å². The fourth-order valence-corrected chi connectivity index (χ4v) is 1.26. The van der Waals surface area contributed by atoms with Crippen LogP contribution in [0.15, 0.2) is 29.4 Å². The third-order valence-electron chi connectivity index (χ3n) is 2.04. The van der Waals surface area contributed by atoms with Crippen LogP contribution in [0.25, 0.3) is 0 Å². The van der Waals surface area contributed by atoms with Crippen molar-refractivity contribution in [3.63, 3.8) is 0 Å². The largest absolute Gasteiger partial charge is 0.508 e. The Kier molecular flexibility index (Phi) is 2.26. The SMILES string of the molecule is CCC1=NN(c2ccc(O)cc2)CO1. The van der Waals surface area contributed by atoms with Gasteiger partial charge in [0.2, 0.25) is 5.90 Å². The van der Waals surface area contributed by atoms with E-state index in [2.05, 4.69) is 5.10 Å². The molecule has 4 nitrogen and oxygen atoms in total. The average Bonchev–Trinajstić information content (AvgIpc) is 2.67. The van der Waals surface area contributed by atoms with Crippen LogP contribution in [0.1, 0.15) is 13.3 Å². The van der Waals surface area contributed by atoms with Gasteiger partial charge in [0.25, 0.3) is 0 Å². The number of rotatable bonds is 2. The predicted molar refractivity (Wildman–Crippen MR) is 54.3 cm³/mol. The maximum Gasteiger partial charge on any atom is 0.208 e. The highest BCUT2D eigenvalue weighted by molar-refractivity contribution is 5.78. The van der Waals surface area contributed by atoms with Gasteiger partial charge in [-0.1, -0.05) is 6.92 Å². The van der Waals surface area contributed by atoms with Crippen molar-refractivity contribution in [2.45, 2.75) is 13.3 Å². The van der Waals surface area contributed by atoms with Crippen molar-refractivity contribution in [1.82, 2.24) is 0 Å². The van der Waals surface area contributed by atoms with Crippen molar-refractivity contribution in [2.24, 2.45) is 5.10 Å². The first-order valence-electron chi connectivity index (χ1n) is 4.56. The van der Waals surface area contributed by atoms with E-state index in [1.165, 1.54) is 0 Å². The molecule has 2 rings (SSSR count). The van der Waals surface area contributed by atoms with Gasteiger partial charge in [-0.25, -0.2) is 5.01 Å². The summed E-state index contributed by atoms with van der Waals surface area (Å²) in [6.07, 6.45) is 0.800. The summed E-state index contributed by atoms with van der Waals surface area (Å²) < 4.78 is 5.31. The molecule has 0 fully saturated rings. The molecular formula is C10H12N2O2. The van der Waals surface area contributed by atoms with E-state index in [-0.39, 0.29) is 5.75 Å². The van der Waals surface area contributed by atoms with Crippen LogP contribution in [0.2, 0.25) is 0 Å². The molecule has 0 unspecified atom stereocenters. The van der Waals surface area contributed by atoms with E-state index in [0.29, 0.717) is 6.73 Å². The molecule has 1 heterocycles. The van der Waals surface area contributed by atoms with E-state index in [9.17, 15) is 0 Å². The minimum absolute atomic E-state index is 0.258. The molecular weight excluding hydrogens is 180 g/mol. The topological polar surface area (TPSA) is 45.1 Å². The second-order valence-corrected chi connectivity index (χ2v) is 3.04. The van der Waals surface area contributed by atoms with Crippen LogP contribution in [-0.4, -0.2) is 17.7 Å². The number of ether oxygens (including phenoxy) is 1. The molecule has 1 aromatic carbocycles. The van der Waals surface area contributed by atoms with Gasteiger partial charge in [0.05, 0.1) is 5.69 Å². The second-order valence-electron chi connectivity index (χ2n) is 3.04. The first-order chi connectivity index (χ1) is 6.79. The van der Waals surface area contributed by atoms with Gasteiger partial charge in [-0.3, -0.25) is 0 Å². The van der Waals surface area contributed by atoms with Gasteiger partial charge in [0, 0.05) is 6.42 Å². The highest BCUT2D eigenvalue weighted by atomic mass is 16.5. The summed E-state index contributed by atoms with van der Waals surface area (Å²) in [5.41, 5.74) is 0.922. The van der Waals surface area contributed by atoms with Crippen molar-refractivity contribution in [1.29, 1.82) is 0 Å². The third kappa shape index (κ3) is 1.64. The molecule has 0 atom stereocenters. The predicted octanol–water partition coefficient (Wildman–Crippen LogP) is 1.91. The number of hydrogen-bond acceptors (Lipinski definition) is 4. The zero-order valence-electron chi connectivity index (χ0n) is 7.97. The fourth-order valence-electron chi connectivity index (χ4n) is 1.26. The normalized spacial score (nSPS) is 15.2. The number of hydrazone groups is 1. The summed E-state index contributed by atoms with van der Waals surface area (Å²) >= 11 is 0. The lowest BCUT2D eigenvalue weighted by atomic mass is 10.3. The number of hydrogen-bond donors (Lipinski definition) is 1. The first-order valence-corrected chi connectivity index (χ1v) is 4.56. The lowest BCUT2D eigenvalue weighted by Gasteiger charge is -2.10. The first kappa shape index (κ1) is 8.87. The minimum Gasteiger partial charge on any atom is -0.508 e. The zero-order valence-corrected chi connectivity index (χ0v) is 7.97. The van der Waals surface area contributed by atoms with Gasteiger partial charge in [-0.15, -0.1) is 5.10 Å². The number of phenols is 1. The molecule has 0 aliphatic carbocycles.